The molecule has 0 aromatic heterocycles. The Kier molecular flexibility index (Phi) is 4.12. The largest absolute Gasteiger partial charge is 0.359 e. The van der Waals surface area contributed by atoms with Crippen LogP contribution in [0.5, 0.6) is 0 Å². The van der Waals surface area contributed by atoms with Crippen LogP contribution >= 0.6 is 0 Å². The van der Waals surface area contributed by atoms with Crippen LogP contribution in [0.4, 0.5) is 0 Å². The second-order valence-corrected chi connectivity index (χ2v) is 5.72. The lowest BCUT2D eigenvalue weighted by molar-refractivity contribution is 0.377. The zero-order chi connectivity index (χ0) is 14.8. The number of hydrogen-bond acceptors (Lipinski definition) is 1. The summed E-state index contributed by atoms with van der Waals surface area (Å²) >= 11 is 0. The molecule has 0 bridgehead atoms. The first-order valence-electron chi connectivity index (χ1n) is 8.14. The molecule has 2 aromatic rings. The Morgan fingerprint density at radius 1 is 0.762 bits per heavy atom. The summed E-state index contributed by atoms with van der Waals surface area (Å²) in [5.74, 6) is 0. The van der Waals surface area contributed by atoms with Gasteiger partial charge in [0.15, 0.2) is 0 Å². The van der Waals surface area contributed by atoms with Crippen molar-refractivity contribution in [2.24, 2.45) is 0 Å². The van der Waals surface area contributed by atoms with Gasteiger partial charge in [0.2, 0.25) is 0 Å². The molecule has 0 aliphatic carbocycles. The number of hydrogen-bond donors (Lipinski definition) is 0. The molecule has 1 nitrogen and oxygen atoms in total. The molecule has 0 amide bonds. The van der Waals surface area contributed by atoms with E-state index in [1.54, 1.807) is 5.56 Å². The van der Waals surface area contributed by atoms with Gasteiger partial charge >= 0.3 is 0 Å². The molecule has 3 rings (SSSR count). The standard InChI is InChI=1S/C20H24O/c1-4-14-12-13-18(17(6-3)16(14)5-2)20-19(21-20)15-10-8-7-9-11-15/h7-13,19-20H,4-6H2,1-3H3. The minimum atomic E-state index is 0.244. The average Bonchev–Trinajstić information content (AvgIpc) is 3.34. The Balaban J connectivity index is 1.94. The molecule has 1 aliphatic rings. The molecule has 0 spiro atoms. The Bertz CT molecular complexity index is 615. The van der Waals surface area contributed by atoms with Gasteiger partial charge in [-0.3, -0.25) is 0 Å². The van der Waals surface area contributed by atoms with E-state index in [0.29, 0.717) is 0 Å². The van der Waals surface area contributed by atoms with Gasteiger partial charge in [-0.25, -0.2) is 0 Å². The average molecular weight is 280 g/mol. The van der Waals surface area contributed by atoms with Crippen molar-refractivity contribution in [1.29, 1.82) is 0 Å². The van der Waals surface area contributed by atoms with E-state index in [1.807, 2.05) is 0 Å². The van der Waals surface area contributed by atoms with Crippen molar-refractivity contribution in [2.45, 2.75) is 52.2 Å². The van der Waals surface area contributed by atoms with Crippen LogP contribution in [0.3, 0.4) is 0 Å². The van der Waals surface area contributed by atoms with Gasteiger partial charge in [-0.1, -0.05) is 63.2 Å². The number of epoxide rings is 1. The molecule has 2 atom stereocenters. The number of ether oxygens (including phenoxy) is 1. The highest BCUT2D eigenvalue weighted by atomic mass is 16.6. The molecular formula is C20H24O. The summed E-state index contributed by atoms with van der Waals surface area (Å²) in [7, 11) is 0. The van der Waals surface area contributed by atoms with E-state index < -0.39 is 0 Å². The van der Waals surface area contributed by atoms with Gasteiger partial charge in [0, 0.05) is 0 Å². The fourth-order valence-electron chi connectivity index (χ4n) is 3.46. The van der Waals surface area contributed by atoms with E-state index in [-0.39, 0.29) is 12.2 Å². The van der Waals surface area contributed by atoms with Crippen LogP contribution in [0.2, 0.25) is 0 Å². The molecular weight excluding hydrogens is 256 g/mol. The fraction of sp³-hybridized carbons (Fsp3) is 0.400. The number of aryl methyl sites for hydroxylation is 1. The van der Waals surface area contributed by atoms with E-state index in [9.17, 15) is 0 Å². The predicted octanol–water partition coefficient (Wildman–Crippen LogP) is 5.19. The molecule has 110 valence electrons. The summed E-state index contributed by atoms with van der Waals surface area (Å²) in [6.07, 6.45) is 3.81. The molecule has 0 radical (unpaired) electrons. The Labute approximate surface area is 128 Å². The Morgan fingerprint density at radius 3 is 2.10 bits per heavy atom. The normalized spacial score (nSPS) is 20.5. The van der Waals surface area contributed by atoms with Crippen molar-refractivity contribution in [3.8, 4) is 0 Å². The van der Waals surface area contributed by atoms with Gasteiger partial charge in [-0.05, 0) is 47.1 Å². The number of rotatable bonds is 5. The Morgan fingerprint density at radius 2 is 1.48 bits per heavy atom. The highest BCUT2D eigenvalue weighted by Gasteiger charge is 2.42. The highest BCUT2D eigenvalue weighted by Crippen LogP contribution is 2.52. The molecule has 1 fully saturated rings. The predicted molar refractivity (Wildman–Crippen MR) is 87.6 cm³/mol. The molecule has 0 saturated carbocycles. The lowest BCUT2D eigenvalue weighted by Gasteiger charge is -2.15. The van der Waals surface area contributed by atoms with Crippen molar-refractivity contribution in [3.63, 3.8) is 0 Å². The van der Waals surface area contributed by atoms with Gasteiger partial charge in [0.25, 0.3) is 0 Å². The minimum absolute atomic E-state index is 0.244. The maximum atomic E-state index is 6.00. The van der Waals surface area contributed by atoms with Crippen molar-refractivity contribution in [2.75, 3.05) is 0 Å². The first-order valence-corrected chi connectivity index (χ1v) is 8.14. The highest BCUT2D eigenvalue weighted by molar-refractivity contribution is 5.45. The number of benzene rings is 2. The van der Waals surface area contributed by atoms with Crippen LogP contribution in [-0.4, -0.2) is 0 Å². The summed E-state index contributed by atoms with van der Waals surface area (Å²) < 4.78 is 6.00. The van der Waals surface area contributed by atoms with Gasteiger partial charge < -0.3 is 4.74 Å². The van der Waals surface area contributed by atoms with Crippen LogP contribution in [0.25, 0.3) is 0 Å². The van der Waals surface area contributed by atoms with Crippen molar-refractivity contribution < 1.29 is 4.74 Å². The van der Waals surface area contributed by atoms with E-state index in [4.69, 9.17) is 4.74 Å². The minimum Gasteiger partial charge on any atom is -0.359 e. The molecule has 21 heavy (non-hydrogen) atoms. The monoisotopic (exact) mass is 280 g/mol. The summed E-state index contributed by atoms with van der Waals surface area (Å²) in [5, 5.41) is 0. The van der Waals surface area contributed by atoms with E-state index in [1.165, 1.54) is 22.3 Å². The van der Waals surface area contributed by atoms with E-state index in [0.717, 1.165) is 19.3 Å². The summed E-state index contributed by atoms with van der Waals surface area (Å²) in [6.45, 7) is 6.77. The molecule has 1 heterocycles. The van der Waals surface area contributed by atoms with Gasteiger partial charge in [-0.2, -0.15) is 0 Å². The lowest BCUT2D eigenvalue weighted by Crippen LogP contribution is -2.02. The maximum Gasteiger partial charge on any atom is 0.114 e. The van der Waals surface area contributed by atoms with Crippen LogP contribution < -0.4 is 0 Å². The first-order chi connectivity index (χ1) is 10.3. The smallest absolute Gasteiger partial charge is 0.114 e. The second kappa shape index (κ2) is 6.03. The summed E-state index contributed by atoms with van der Waals surface area (Å²) in [6, 6.07) is 15.2. The van der Waals surface area contributed by atoms with Crippen LogP contribution in [0.15, 0.2) is 42.5 Å². The van der Waals surface area contributed by atoms with Gasteiger partial charge in [-0.15, -0.1) is 0 Å². The quantitative estimate of drug-likeness (QED) is 0.687. The summed E-state index contributed by atoms with van der Waals surface area (Å²) in [4.78, 5) is 0. The van der Waals surface area contributed by atoms with Crippen molar-refractivity contribution in [1.82, 2.24) is 0 Å². The van der Waals surface area contributed by atoms with Crippen molar-refractivity contribution in [3.05, 3.63) is 70.3 Å². The first kappa shape index (κ1) is 14.3. The van der Waals surface area contributed by atoms with E-state index in [2.05, 4.69) is 63.2 Å². The third kappa shape index (κ3) is 2.63. The van der Waals surface area contributed by atoms with Crippen molar-refractivity contribution >= 4 is 0 Å². The molecule has 2 unspecified atom stereocenters. The SMILES string of the molecule is CCc1ccc(C2OC2c2ccccc2)c(CC)c1CC. The molecule has 1 aliphatic heterocycles. The molecule has 1 saturated heterocycles. The summed E-state index contributed by atoms with van der Waals surface area (Å²) in [5.41, 5.74) is 7.25. The molecule has 1 heteroatoms. The van der Waals surface area contributed by atoms with Crippen LogP contribution in [0, 0.1) is 0 Å². The third-order valence-electron chi connectivity index (χ3n) is 4.58. The van der Waals surface area contributed by atoms with Crippen LogP contribution in [0.1, 0.15) is 60.8 Å². The molecule has 0 N–H and O–H groups in total. The molecule has 2 aromatic carbocycles. The van der Waals surface area contributed by atoms with Gasteiger partial charge in [0.05, 0.1) is 0 Å². The fourth-order valence-corrected chi connectivity index (χ4v) is 3.46. The second-order valence-electron chi connectivity index (χ2n) is 5.72. The van der Waals surface area contributed by atoms with Crippen LogP contribution in [-0.2, 0) is 24.0 Å². The van der Waals surface area contributed by atoms with E-state index >= 15 is 0 Å². The Hall–Kier alpha value is -1.60. The zero-order valence-electron chi connectivity index (χ0n) is 13.2. The maximum absolute atomic E-state index is 6.00. The lowest BCUT2D eigenvalue weighted by atomic mass is 9.89. The third-order valence-corrected chi connectivity index (χ3v) is 4.58. The van der Waals surface area contributed by atoms with Gasteiger partial charge in [0.1, 0.15) is 12.2 Å². The zero-order valence-corrected chi connectivity index (χ0v) is 13.2. The topological polar surface area (TPSA) is 12.5 Å².